The molecule has 28 heavy (non-hydrogen) atoms. The van der Waals surface area contributed by atoms with Gasteiger partial charge in [0.25, 0.3) is 0 Å². The number of rotatable bonds is 3. The van der Waals surface area contributed by atoms with E-state index in [1.807, 2.05) is 19.2 Å². The standard InChI is InChI=1S/C21H26N6O/c1-13-18-10-16(11-22-19(18)26-25-13)24-21(28)15-7-8-27-17(9-15)12-23-20(27)14-5-3-2-4-6-14/h10-12,14-15H,2-9H2,1H3,(H,24,28)(H,22,25,26). The van der Waals surface area contributed by atoms with E-state index in [4.69, 9.17) is 4.98 Å². The molecule has 7 nitrogen and oxygen atoms in total. The van der Waals surface area contributed by atoms with Gasteiger partial charge >= 0.3 is 0 Å². The van der Waals surface area contributed by atoms with Gasteiger partial charge in [-0.05, 0) is 32.3 Å². The number of nitrogens with one attached hydrogen (secondary N) is 2. The van der Waals surface area contributed by atoms with Crippen molar-refractivity contribution in [2.75, 3.05) is 5.32 Å². The average molecular weight is 378 g/mol. The van der Waals surface area contributed by atoms with Crippen molar-refractivity contribution in [3.05, 3.63) is 35.7 Å². The molecule has 0 radical (unpaired) electrons. The first kappa shape index (κ1) is 17.4. The summed E-state index contributed by atoms with van der Waals surface area (Å²) in [6.45, 7) is 2.84. The SMILES string of the molecule is Cc1[nH]nc2ncc(NC(=O)C3CCn4c(cnc4C4CCCCC4)C3)cc12. The summed E-state index contributed by atoms with van der Waals surface area (Å²) in [5, 5.41) is 11.1. The number of carbonyl (C=O) groups is 1. The fraction of sp³-hybridized carbons (Fsp3) is 0.524. The van der Waals surface area contributed by atoms with E-state index in [-0.39, 0.29) is 11.8 Å². The maximum atomic E-state index is 12.9. The van der Waals surface area contributed by atoms with Crippen molar-refractivity contribution in [2.24, 2.45) is 5.92 Å². The van der Waals surface area contributed by atoms with Crippen molar-refractivity contribution in [3.8, 4) is 0 Å². The van der Waals surface area contributed by atoms with Crippen LogP contribution >= 0.6 is 0 Å². The summed E-state index contributed by atoms with van der Waals surface area (Å²) >= 11 is 0. The first-order valence-electron chi connectivity index (χ1n) is 10.3. The molecule has 1 fully saturated rings. The summed E-state index contributed by atoms with van der Waals surface area (Å²) in [5.41, 5.74) is 3.55. The lowest BCUT2D eigenvalue weighted by molar-refractivity contribution is -0.120. The zero-order valence-electron chi connectivity index (χ0n) is 16.2. The maximum absolute atomic E-state index is 12.9. The minimum absolute atomic E-state index is 0.0236. The third-order valence-electron chi connectivity index (χ3n) is 6.33. The van der Waals surface area contributed by atoms with Crippen LogP contribution in [0.4, 0.5) is 5.69 Å². The highest BCUT2D eigenvalue weighted by Gasteiger charge is 2.29. The number of amides is 1. The Morgan fingerprint density at radius 1 is 1.18 bits per heavy atom. The molecule has 2 aliphatic rings. The molecule has 0 saturated heterocycles. The predicted molar refractivity (Wildman–Crippen MR) is 107 cm³/mol. The number of nitrogens with zero attached hydrogens (tertiary/aromatic N) is 4. The molecule has 3 aromatic rings. The molecule has 2 N–H and O–H groups in total. The summed E-state index contributed by atoms with van der Waals surface area (Å²) in [6, 6.07) is 1.94. The van der Waals surface area contributed by atoms with E-state index >= 15 is 0 Å². The monoisotopic (exact) mass is 378 g/mol. The van der Waals surface area contributed by atoms with Gasteiger partial charge in [-0.2, -0.15) is 5.10 Å². The van der Waals surface area contributed by atoms with Gasteiger partial charge in [0.1, 0.15) is 5.82 Å². The Balaban J connectivity index is 1.29. The Morgan fingerprint density at radius 3 is 2.89 bits per heavy atom. The topological polar surface area (TPSA) is 88.5 Å². The van der Waals surface area contributed by atoms with E-state index in [0.29, 0.717) is 11.6 Å². The first-order chi connectivity index (χ1) is 13.7. The van der Waals surface area contributed by atoms with Crippen LogP contribution in [0.1, 0.15) is 61.7 Å². The molecule has 1 atom stereocenters. The Bertz CT molecular complexity index is 1010. The summed E-state index contributed by atoms with van der Waals surface area (Å²) in [5.74, 6) is 1.89. The van der Waals surface area contributed by atoms with Crippen LogP contribution in [-0.4, -0.2) is 30.6 Å². The second-order valence-corrected chi connectivity index (χ2v) is 8.22. The van der Waals surface area contributed by atoms with Gasteiger partial charge in [-0.15, -0.1) is 0 Å². The molecule has 7 heteroatoms. The number of aryl methyl sites for hydroxylation is 1. The summed E-state index contributed by atoms with van der Waals surface area (Å²) in [7, 11) is 0. The van der Waals surface area contributed by atoms with Crippen LogP contribution in [0.25, 0.3) is 11.0 Å². The number of pyridine rings is 1. The quantitative estimate of drug-likeness (QED) is 0.727. The lowest BCUT2D eigenvalue weighted by atomic mass is 9.88. The molecule has 3 aromatic heterocycles. The molecular formula is C21H26N6O. The number of anilines is 1. The third-order valence-corrected chi connectivity index (χ3v) is 6.33. The second kappa shape index (κ2) is 7.04. The minimum atomic E-state index is -0.0236. The zero-order valence-corrected chi connectivity index (χ0v) is 16.2. The van der Waals surface area contributed by atoms with E-state index in [0.717, 1.165) is 36.2 Å². The number of aromatic nitrogens is 5. The van der Waals surface area contributed by atoms with Crippen LogP contribution in [0.15, 0.2) is 18.5 Å². The number of hydrogen-bond acceptors (Lipinski definition) is 4. The van der Waals surface area contributed by atoms with Crippen LogP contribution in [0, 0.1) is 12.8 Å². The molecule has 5 rings (SSSR count). The van der Waals surface area contributed by atoms with Gasteiger partial charge in [0, 0.05) is 47.8 Å². The van der Waals surface area contributed by atoms with Crippen molar-refractivity contribution in [1.82, 2.24) is 24.7 Å². The van der Waals surface area contributed by atoms with Crippen molar-refractivity contribution in [3.63, 3.8) is 0 Å². The van der Waals surface area contributed by atoms with Crippen LogP contribution in [0.3, 0.4) is 0 Å². The lowest BCUT2D eigenvalue weighted by Crippen LogP contribution is -2.31. The van der Waals surface area contributed by atoms with Gasteiger partial charge < -0.3 is 9.88 Å². The van der Waals surface area contributed by atoms with E-state index in [1.54, 1.807) is 6.20 Å². The lowest BCUT2D eigenvalue weighted by Gasteiger charge is -2.27. The average Bonchev–Trinajstić information content (AvgIpc) is 3.32. The number of H-pyrrole nitrogens is 1. The normalized spacial score (nSPS) is 20.2. The van der Waals surface area contributed by atoms with E-state index in [9.17, 15) is 4.79 Å². The fourth-order valence-electron chi connectivity index (χ4n) is 4.73. The molecular weight excluding hydrogens is 352 g/mol. The molecule has 4 heterocycles. The van der Waals surface area contributed by atoms with Crippen LogP contribution in [0.2, 0.25) is 0 Å². The molecule has 1 unspecified atom stereocenters. The van der Waals surface area contributed by atoms with Crippen molar-refractivity contribution in [1.29, 1.82) is 0 Å². The van der Waals surface area contributed by atoms with Crippen molar-refractivity contribution in [2.45, 2.75) is 64.3 Å². The third kappa shape index (κ3) is 3.08. The van der Waals surface area contributed by atoms with E-state index < -0.39 is 0 Å². The zero-order chi connectivity index (χ0) is 19.1. The predicted octanol–water partition coefficient (Wildman–Crippen LogP) is 3.71. The van der Waals surface area contributed by atoms with Gasteiger partial charge in [0.15, 0.2) is 5.65 Å². The summed E-state index contributed by atoms with van der Waals surface area (Å²) < 4.78 is 2.38. The van der Waals surface area contributed by atoms with E-state index in [1.165, 1.54) is 43.6 Å². The largest absolute Gasteiger partial charge is 0.332 e. The highest BCUT2D eigenvalue weighted by Crippen LogP contribution is 2.34. The number of aromatic amines is 1. The van der Waals surface area contributed by atoms with Crippen LogP contribution < -0.4 is 5.32 Å². The first-order valence-corrected chi connectivity index (χ1v) is 10.3. The van der Waals surface area contributed by atoms with Crippen LogP contribution in [0.5, 0.6) is 0 Å². The summed E-state index contributed by atoms with van der Waals surface area (Å²) in [6.07, 6.45) is 11.8. The van der Waals surface area contributed by atoms with Gasteiger partial charge in [-0.3, -0.25) is 9.89 Å². The van der Waals surface area contributed by atoms with Crippen molar-refractivity contribution >= 4 is 22.6 Å². The highest BCUT2D eigenvalue weighted by atomic mass is 16.1. The van der Waals surface area contributed by atoms with Gasteiger partial charge in [0.05, 0.1) is 11.9 Å². The highest BCUT2D eigenvalue weighted by molar-refractivity contribution is 5.94. The van der Waals surface area contributed by atoms with E-state index in [2.05, 4.69) is 25.1 Å². The molecule has 0 bridgehead atoms. The molecule has 1 aliphatic carbocycles. The Labute approximate surface area is 164 Å². The number of hydrogen-bond donors (Lipinski definition) is 2. The van der Waals surface area contributed by atoms with Gasteiger partial charge in [-0.1, -0.05) is 19.3 Å². The second-order valence-electron chi connectivity index (χ2n) is 8.22. The number of imidazole rings is 1. The van der Waals surface area contributed by atoms with Crippen LogP contribution in [-0.2, 0) is 17.8 Å². The molecule has 1 saturated carbocycles. The Hall–Kier alpha value is -2.70. The Morgan fingerprint density at radius 2 is 2.04 bits per heavy atom. The molecule has 0 spiro atoms. The van der Waals surface area contributed by atoms with Gasteiger partial charge in [0.2, 0.25) is 5.91 Å². The molecule has 1 aliphatic heterocycles. The maximum Gasteiger partial charge on any atom is 0.227 e. The van der Waals surface area contributed by atoms with Crippen molar-refractivity contribution < 1.29 is 4.79 Å². The number of fused-ring (bicyclic) bond motifs is 2. The smallest absolute Gasteiger partial charge is 0.227 e. The minimum Gasteiger partial charge on any atom is -0.332 e. The molecule has 146 valence electrons. The molecule has 0 aromatic carbocycles. The Kier molecular flexibility index (Phi) is 4.37. The summed E-state index contributed by atoms with van der Waals surface area (Å²) in [4.78, 5) is 21.9. The molecule has 1 amide bonds. The fourth-order valence-corrected chi connectivity index (χ4v) is 4.73. The number of carbonyl (C=O) groups excluding carboxylic acids is 1. The van der Waals surface area contributed by atoms with Gasteiger partial charge in [-0.25, -0.2) is 9.97 Å².